The van der Waals surface area contributed by atoms with Crippen LogP contribution in [0.2, 0.25) is 0 Å². The summed E-state index contributed by atoms with van der Waals surface area (Å²) in [5.41, 5.74) is 8.83. The molecule has 0 radical (unpaired) electrons. The number of hydrogen-bond acceptors (Lipinski definition) is 6. The largest absolute Gasteiger partial charge is 0.243 e. The highest BCUT2D eigenvalue weighted by atomic mass is 16.6. The molecule has 2 heterocycles. The normalized spacial score (nSPS) is 9.54. The molecule has 0 aliphatic heterocycles. The van der Waals surface area contributed by atoms with Crippen molar-refractivity contribution in [2.45, 2.75) is 0 Å². The molecule has 0 atom stereocenters. The van der Waals surface area contributed by atoms with Crippen molar-refractivity contribution in [2.24, 2.45) is 5.11 Å². The van der Waals surface area contributed by atoms with Crippen molar-refractivity contribution in [3.63, 3.8) is 0 Å². The fraction of sp³-hybridized carbons (Fsp3) is 0. The van der Waals surface area contributed by atoms with Crippen molar-refractivity contribution >= 4 is 5.82 Å². The van der Waals surface area contributed by atoms with Gasteiger partial charge < -0.3 is 0 Å². The highest BCUT2D eigenvalue weighted by Gasteiger charge is 2.12. The fourth-order valence-corrected chi connectivity index (χ4v) is 0.769. The third kappa shape index (κ3) is 1.19. The molecule has 0 saturated carbocycles. The molecule has 0 saturated heterocycles. The van der Waals surface area contributed by atoms with Gasteiger partial charge in [0.15, 0.2) is 5.69 Å². The second-order valence-electron chi connectivity index (χ2n) is 1.98. The highest BCUT2D eigenvalue weighted by molar-refractivity contribution is 5.63. The van der Waals surface area contributed by atoms with E-state index in [2.05, 4.69) is 40.4 Å². The van der Waals surface area contributed by atoms with Crippen LogP contribution in [-0.4, -0.2) is 25.7 Å². The Morgan fingerprint density at radius 2 is 2.46 bits per heavy atom. The van der Waals surface area contributed by atoms with Gasteiger partial charge in [0.2, 0.25) is 5.82 Å². The van der Waals surface area contributed by atoms with Gasteiger partial charge in [0.25, 0.3) is 0 Å². The van der Waals surface area contributed by atoms with E-state index in [0.29, 0.717) is 5.69 Å². The van der Waals surface area contributed by atoms with Gasteiger partial charge in [-0.3, -0.25) is 0 Å². The molecule has 9 heteroatoms. The fourth-order valence-electron chi connectivity index (χ4n) is 0.769. The van der Waals surface area contributed by atoms with E-state index in [1.807, 2.05) is 0 Å². The van der Waals surface area contributed by atoms with Crippen molar-refractivity contribution < 1.29 is 4.63 Å². The van der Waals surface area contributed by atoms with Crippen LogP contribution in [-0.2, 0) is 0 Å². The Morgan fingerprint density at radius 1 is 1.54 bits per heavy atom. The molecule has 2 aromatic rings. The lowest BCUT2D eigenvalue weighted by Gasteiger charge is -1.83. The first kappa shape index (κ1) is 7.25. The molecule has 13 heavy (non-hydrogen) atoms. The van der Waals surface area contributed by atoms with E-state index in [0.717, 1.165) is 0 Å². The predicted octanol–water partition coefficient (Wildman–Crippen LogP) is 0.796. The van der Waals surface area contributed by atoms with Crippen molar-refractivity contribution in [3.05, 3.63) is 16.6 Å². The van der Waals surface area contributed by atoms with E-state index < -0.39 is 0 Å². The summed E-state index contributed by atoms with van der Waals surface area (Å²) in [5.74, 6) is 0.0383. The number of aromatic nitrogens is 5. The van der Waals surface area contributed by atoms with Gasteiger partial charge in [-0.15, -0.1) is 0 Å². The maximum atomic E-state index is 8.17. The second kappa shape index (κ2) is 2.91. The average Bonchev–Trinajstić information content (AvgIpc) is 2.71. The Morgan fingerprint density at radius 3 is 3.15 bits per heavy atom. The topological polar surface area (TPSA) is 129 Å². The van der Waals surface area contributed by atoms with Crippen molar-refractivity contribution in [1.82, 2.24) is 25.7 Å². The van der Waals surface area contributed by atoms with E-state index in [4.69, 9.17) is 5.53 Å². The van der Waals surface area contributed by atoms with Gasteiger partial charge in [0.05, 0.1) is 6.20 Å². The predicted molar refractivity (Wildman–Crippen MR) is 38.5 cm³/mol. The summed E-state index contributed by atoms with van der Waals surface area (Å²) in [5, 5.41) is 19.8. The van der Waals surface area contributed by atoms with Gasteiger partial charge in [0, 0.05) is 4.91 Å². The summed E-state index contributed by atoms with van der Waals surface area (Å²) in [4.78, 5) is 2.55. The molecule has 1 N–H and O–H groups in total. The van der Waals surface area contributed by atoms with Gasteiger partial charge in [-0.25, -0.2) is 4.63 Å². The van der Waals surface area contributed by atoms with E-state index >= 15 is 0 Å². The van der Waals surface area contributed by atoms with Gasteiger partial charge in [-0.1, -0.05) is 0 Å². The molecule has 0 spiro atoms. The minimum atomic E-state index is 0.0383. The number of aromatic amines is 1. The summed E-state index contributed by atoms with van der Waals surface area (Å²) >= 11 is 0. The lowest BCUT2D eigenvalue weighted by molar-refractivity contribution is 0.309. The van der Waals surface area contributed by atoms with E-state index in [-0.39, 0.29) is 11.5 Å². The summed E-state index contributed by atoms with van der Waals surface area (Å²) < 4.78 is 4.38. The van der Waals surface area contributed by atoms with Crippen LogP contribution in [0.15, 0.2) is 15.9 Å². The maximum Gasteiger partial charge on any atom is 0.200 e. The quantitative estimate of drug-likeness (QED) is 0.412. The first-order chi connectivity index (χ1) is 6.42. The zero-order valence-corrected chi connectivity index (χ0v) is 6.12. The number of azide groups is 1. The molecule has 0 unspecified atom stereocenters. The zero-order valence-electron chi connectivity index (χ0n) is 6.12. The molecule has 0 aliphatic rings. The Hall–Kier alpha value is -2.41. The van der Waals surface area contributed by atoms with Crippen LogP contribution in [0.4, 0.5) is 5.82 Å². The molecule has 2 aromatic heterocycles. The lowest BCUT2D eigenvalue weighted by atomic mass is 10.3. The summed E-state index contributed by atoms with van der Waals surface area (Å²) in [6.45, 7) is 0. The molecule has 9 nitrogen and oxygen atoms in total. The highest BCUT2D eigenvalue weighted by Crippen LogP contribution is 2.23. The smallest absolute Gasteiger partial charge is 0.200 e. The molecule has 2 rings (SSSR count). The third-order valence-corrected chi connectivity index (χ3v) is 1.27. The van der Waals surface area contributed by atoms with Gasteiger partial charge in [0.1, 0.15) is 5.69 Å². The van der Waals surface area contributed by atoms with Gasteiger partial charge >= 0.3 is 0 Å². The van der Waals surface area contributed by atoms with Gasteiger partial charge in [-0.2, -0.15) is 15.4 Å². The maximum absolute atomic E-state index is 8.17. The Bertz CT molecular complexity index is 436. The van der Waals surface area contributed by atoms with Gasteiger partial charge in [-0.05, 0) is 21.0 Å². The second-order valence-corrected chi connectivity index (χ2v) is 1.98. The monoisotopic (exact) mass is 178 g/mol. The van der Waals surface area contributed by atoms with E-state index in [1.54, 1.807) is 0 Å². The zero-order chi connectivity index (χ0) is 9.10. The summed E-state index contributed by atoms with van der Waals surface area (Å²) in [6.07, 6.45) is 1.41. The molecule has 0 fully saturated rings. The van der Waals surface area contributed by atoms with E-state index in [9.17, 15) is 0 Å². The van der Waals surface area contributed by atoms with Crippen LogP contribution in [0.5, 0.6) is 0 Å². The third-order valence-electron chi connectivity index (χ3n) is 1.27. The Balaban J connectivity index is 2.52. The van der Waals surface area contributed by atoms with Crippen LogP contribution in [0, 0.1) is 0 Å². The number of nitrogens with one attached hydrogen (secondary N) is 1. The van der Waals surface area contributed by atoms with Crippen LogP contribution in [0.25, 0.3) is 21.8 Å². The van der Waals surface area contributed by atoms with Crippen LogP contribution in [0.3, 0.4) is 0 Å². The lowest BCUT2D eigenvalue weighted by Crippen LogP contribution is -1.77. The molecule has 0 aliphatic carbocycles. The number of hydrogen-bond donors (Lipinski definition) is 1. The Labute approximate surface area is 70.3 Å². The average molecular weight is 178 g/mol. The summed E-state index contributed by atoms with van der Waals surface area (Å²) in [7, 11) is 0. The number of H-pyrrole nitrogens is 1. The standard InChI is InChI=1S/C4H2N8O/c5-11-8-4-3(9-13-10-4)2-1-6-12-7-2/h1H,(H,6,7,12). The number of nitrogens with zero attached hydrogens (tertiary/aromatic N) is 7. The minimum absolute atomic E-state index is 0.0383. The molecular formula is C4H2N8O. The molecule has 0 bridgehead atoms. The Kier molecular flexibility index (Phi) is 1.62. The van der Waals surface area contributed by atoms with Crippen LogP contribution >= 0.6 is 0 Å². The molecular weight excluding hydrogens is 176 g/mol. The first-order valence-corrected chi connectivity index (χ1v) is 3.15. The summed E-state index contributed by atoms with van der Waals surface area (Å²) in [6, 6.07) is 0. The molecule has 64 valence electrons. The number of rotatable bonds is 2. The molecule has 0 aromatic carbocycles. The SMILES string of the molecule is [N-]=[N+]=Nc1nonc1-c1cn[nH]n1. The first-order valence-electron chi connectivity index (χ1n) is 3.15. The molecule has 0 amide bonds. The minimum Gasteiger partial charge on any atom is -0.243 e. The van der Waals surface area contributed by atoms with Crippen molar-refractivity contribution in [3.8, 4) is 11.4 Å². The van der Waals surface area contributed by atoms with Crippen LogP contribution in [0.1, 0.15) is 0 Å². The van der Waals surface area contributed by atoms with Crippen molar-refractivity contribution in [2.75, 3.05) is 0 Å². The van der Waals surface area contributed by atoms with Crippen molar-refractivity contribution in [1.29, 1.82) is 0 Å². The van der Waals surface area contributed by atoms with E-state index in [1.165, 1.54) is 6.20 Å². The van der Waals surface area contributed by atoms with Crippen LogP contribution < -0.4 is 0 Å².